The molecule has 25 heteroatoms. The third kappa shape index (κ3) is 34.1. The van der Waals surface area contributed by atoms with Gasteiger partial charge in [-0.05, 0) is 89.0 Å². The third-order valence-electron chi connectivity index (χ3n) is 8.48. The van der Waals surface area contributed by atoms with Crippen molar-refractivity contribution in [3.8, 4) is 0 Å². The second-order valence-electron chi connectivity index (χ2n) is 13.1. The maximum Gasteiger partial charge on any atom is 0.305 e. The number of para-hydroxylation sites is 1. The van der Waals surface area contributed by atoms with E-state index < -0.39 is 65.8 Å². The van der Waals surface area contributed by atoms with Crippen molar-refractivity contribution in [2.24, 2.45) is 23.0 Å². The average molecular weight is 1050 g/mol. The first-order chi connectivity index (χ1) is 32.2. The van der Waals surface area contributed by atoms with Crippen molar-refractivity contribution in [1.82, 2.24) is 36.7 Å². The Balaban J connectivity index is -0.000000423. The van der Waals surface area contributed by atoms with Crippen LogP contribution in [0.15, 0.2) is 30.5 Å². The molecule has 2 unspecified atom stereocenters. The van der Waals surface area contributed by atoms with E-state index in [0.29, 0.717) is 24.9 Å². The van der Waals surface area contributed by atoms with Crippen LogP contribution in [0, 0.1) is 0 Å². The molecule has 1 aromatic carbocycles. The summed E-state index contributed by atoms with van der Waals surface area (Å²) in [6, 6.07) is 2.57. The Kier molecular flexibility index (Phi) is 55.5. The molecule has 390 valence electrons. The largest absolute Gasteiger partial charge is 0.481 e. The fraction of sp³-hybridized carbons (Fsp3) is 0.643. The monoisotopic (exact) mass is 1050 g/mol. The van der Waals surface area contributed by atoms with Crippen LogP contribution >= 0.6 is 59.5 Å². The summed E-state index contributed by atoms with van der Waals surface area (Å²) in [4.78, 5) is 91.5. The van der Waals surface area contributed by atoms with Gasteiger partial charge in [-0.25, -0.2) is 5.43 Å². The summed E-state index contributed by atoms with van der Waals surface area (Å²) in [7, 11) is 5.05. The number of thiol groups is 3. The number of aromatic nitrogens is 1. The van der Waals surface area contributed by atoms with Crippen molar-refractivity contribution >= 4 is 111 Å². The molecule has 2 heterocycles. The molecule has 16 N–H and O–H groups in total. The van der Waals surface area contributed by atoms with Gasteiger partial charge < -0.3 is 53.3 Å². The fourth-order valence-corrected chi connectivity index (χ4v) is 5.40. The minimum Gasteiger partial charge on any atom is -0.481 e. The van der Waals surface area contributed by atoms with Crippen molar-refractivity contribution in [3.05, 3.63) is 36.0 Å². The van der Waals surface area contributed by atoms with Crippen molar-refractivity contribution < 1.29 is 43.9 Å². The number of hydrogen-bond acceptors (Lipinski definition) is 20. The predicted molar refractivity (Wildman–Crippen MR) is 287 cm³/mol. The van der Waals surface area contributed by atoms with Gasteiger partial charge in [0.2, 0.25) is 29.3 Å². The number of hydroxylamine groups is 1. The van der Waals surface area contributed by atoms with E-state index in [1.807, 2.05) is 24.3 Å². The number of carboxylic acid groups (broad SMARTS) is 1. The number of H-pyrrole nitrogens is 1. The van der Waals surface area contributed by atoms with Gasteiger partial charge in [-0.2, -0.15) is 43.4 Å². The molecular weight excluding hydrogens is 963 g/mol. The molecule has 3 rings (SSSR count). The van der Waals surface area contributed by atoms with Crippen LogP contribution in [-0.4, -0.2) is 162 Å². The minimum atomic E-state index is -1.46. The summed E-state index contributed by atoms with van der Waals surface area (Å²) in [6.45, 7) is 9.87. The molecule has 3 amide bonds. The number of fused-ring (bicyclic) bond motifs is 1. The molecule has 1 saturated heterocycles. The molecule has 0 saturated carbocycles. The first-order valence-corrected chi connectivity index (χ1v) is 26.9. The van der Waals surface area contributed by atoms with Crippen LogP contribution in [0.1, 0.15) is 71.8 Å². The highest BCUT2D eigenvalue weighted by Gasteiger charge is 2.42. The molecule has 1 fully saturated rings. The SMILES string of the molecule is CCC(=O)CNO.CCCN.CCCN.CCNCC(=O)NC(CC(=O)O)C(=O)NC(Cc1c[nH]c2ccccc12)C(=O)N1CCC[C@H]1C(=O)C(=O)[C@H](CS)NN.CN.CS.CS.CSSC. The Morgan fingerprint density at radius 3 is 1.87 bits per heavy atom. The molecule has 67 heavy (non-hydrogen) atoms. The molecule has 0 spiro atoms. The Labute approximate surface area is 422 Å². The summed E-state index contributed by atoms with van der Waals surface area (Å²) in [5.74, 6) is 0.371. The van der Waals surface area contributed by atoms with Crippen LogP contribution in [0.4, 0.5) is 0 Å². The summed E-state index contributed by atoms with van der Waals surface area (Å²) in [6.07, 6.45) is 11.9. The van der Waals surface area contributed by atoms with Gasteiger partial charge in [-0.15, -0.1) is 0 Å². The van der Waals surface area contributed by atoms with Crippen LogP contribution in [0.25, 0.3) is 10.9 Å². The van der Waals surface area contributed by atoms with E-state index >= 15 is 0 Å². The van der Waals surface area contributed by atoms with Crippen LogP contribution in [0.5, 0.6) is 0 Å². The molecule has 0 radical (unpaired) electrons. The fourth-order valence-electron chi connectivity index (χ4n) is 5.12. The van der Waals surface area contributed by atoms with Gasteiger partial charge in [0.1, 0.15) is 17.9 Å². The molecular formula is C42H83N11O9S5. The van der Waals surface area contributed by atoms with E-state index in [1.54, 1.807) is 59.6 Å². The highest BCUT2D eigenvalue weighted by Crippen LogP contribution is 2.24. The Morgan fingerprint density at radius 2 is 1.43 bits per heavy atom. The first kappa shape index (κ1) is 73.1. The second-order valence-corrected chi connectivity index (χ2v) is 16.1. The number of rotatable bonds is 22. The first-order valence-electron chi connectivity index (χ1n) is 21.5. The van der Waals surface area contributed by atoms with E-state index in [4.69, 9.17) is 22.5 Å². The average Bonchev–Trinajstić information content (AvgIpc) is 4.03. The molecule has 20 nitrogen and oxygen atoms in total. The zero-order valence-electron chi connectivity index (χ0n) is 40.8. The zero-order chi connectivity index (χ0) is 52.8. The summed E-state index contributed by atoms with van der Waals surface area (Å²) >= 11 is 11.1. The lowest BCUT2D eigenvalue weighted by atomic mass is 9.99. The number of carbonyl (C=O) groups excluding carboxylic acids is 6. The van der Waals surface area contributed by atoms with Gasteiger partial charge in [-0.3, -0.25) is 39.4 Å². The number of aliphatic carboxylic acids is 1. The van der Waals surface area contributed by atoms with Gasteiger partial charge in [0, 0.05) is 42.2 Å². The second kappa shape index (κ2) is 50.9. The van der Waals surface area contributed by atoms with Crippen LogP contribution < -0.4 is 49.9 Å². The minimum absolute atomic E-state index is 0.00527. The normalized spacial score (nSPS) is 13.1. The predicted octanol–water partition coefficient (Wildman–Crippen LogP) is 1.60. The number of benzene rings is 1. The highest BCUT2D eigenvalue weighted by atomic mass is 33.1. The Hall–Kier alpha value is -2.92. The maximum atomic E-state index is 14.0. The highest BCUT2D eigenvalue weighted by molar-refractivity contribution is 8.76. The number of nitrogens with one attached hydrogen (secondary N) is 6. The van der Waals surface area contributed by atoms with Gasteiger partial charge >= 0.3 is 5.97 Å². The summed E-state index contributed by atoms with van der Waals surface area (Å²) < 4.78 is 0. The van der Waals surface area contributed by atoms with Crippen molar-refractivity contribution in [1.29, 1.82) is 0 Å². The van der Waals surface area contributed by atoms with Gasteiger partial charge in [0.05, 0.1) is 31.6 Å². The maximum absolute atomic E-state index is 14.0. The van der Waals surface area contributed by atoms with Crippen LogP contribution in [0.2, 0.25) is 0 Å². The summed E-state index contributed by atoms with van der Waals surface area (Å²) in [5, 5.41) is 25.9. The topological polar surface area (TPSA) is 343 Å². The number of likely N-dealkylation sites (N-methyl/N-ethyl adjacent to an activating group) is 1. The molecule has 2 aromatic rings. The Morgan fingerprint density at radius 1 is 0.881 bits per heavy atom. The number of aromatic amines is 1. The van der Waals surface area contributed by atoms with Crippen molar-refractivity contribution in [2.75, 3.05) is 77.1 Å². The van der Waals surface area contributed by atoms with E-state index in [0.717, 1.165) is 36.8 Å². The standard InChI is InChI=1S/C27H37N7O7S.C4H9NO2.2C3H9N.C2H6S2.CH5N.2CH4S/c1-2-29-13-22(35)31-18(11-23(36)37)26(40)32-19(10-15-12-30-17-7-4-3-6-16(15)17)27(41)34-9-5-8-21(34)25(39)24(38)20(14-42)33-28;1-2-4(6)3-5-7;2*1-2-3-4;1-3-4-2;3*1-2/h3-4,6-7,12,18-21,29-30,33,42H,2,5,8-11,13-14,28H2,1H3,(H,31,35)(H,32,40)(H,36,37);5,7H,2-3H2,1H3;2*2-4H2,1H3;1-2H3;2H2,1H3;2*2H,1H3/t18?,19?,20-,21-;;;;;;;/m0......./s1. The van der Waals surface area contributed by atoms with Crippen LogP contribution in [0.3, 0.4) is 0 Å². The molecule has 1 aromatic heterocycles. The van der Waals surface area contributed by atoms with Crippen LogP contribution in [-0.2, 0) is 40.0 Å². The summed E-state index contributed by atoms with van der Waals surface area (Å²) in [5.41, 5.74) is 20.1. The Bertz CT molecular complexity index is 1580. The number of hydrogen-bond donors (Lipinski definition) is 15. The zero-order valence-corrected chi connectivity index (χ0v) is 45.1. The number of likely N-dealkylation sites (tertiary alicyclic amines) is 1. The lowest BCUT2D eigenvalue weighted by Crippen LogP contribution is -2.58. The molecule has 0 bridgehead atoms. The molecule has 0 aliphatic carbocycles. The van der Waals surface area contributed by atoms with E-state index in [-0.39, 0.29) is 44.0 Å². The number of carboxylic acids is 1. The number of nitrogens with two attached hydrogens (primary N) is 4. The number of nitrogens with zero attached hydrogens (tertiary/aromatic N) is 1. The van der Waals surface area contributed by atoms with E-state index in [1.165, 1.54) is 11.9 Å². The van der Waals surface area contributed by atoms with Crippen molar-refractivity contribution in [3.63, 3.8) is 0 Å². The van der Waals surface area contributed by atoms with E-state index in [2.05, 4.69) is 96.3 Å². The number of carbonyl (C=O) groups is 7. The number of hydrazine groups is 1. The molecule has 4 atom stereocenters. The smallest absolute Gasteiger partial charge is 0.305 e. The van der Waals surface area contributed by atoms with E-state index in [9.17, 15) is 38.7 Å². The molecule has 1 aliphatic rings. The molecule has 1 aliphatic heterocycles. The number of amides is 3. The quantitative estimate of drug-likeness (QED) is 0.0262. The van der Waals surface area contributed by atoms with Crippen molar-refractivity contribution in [2.45, 2.75) is 96.8 Å². The van der Waals surface area contributed by atoms with Gasteiger partial charge in [-0.1, -0.05) is 67.5 Å². The number of ketones is 3. The lowest BCUT2D eigenvalue weighted by molar-refractivity contribution is -0.145. The van der Waals surface area contributed by atoms with Gasteiger partial charge in [0.25, 0.3) is 0 Å². The number of Topliss-reactive ketones (excluding diaryl/α,β-unsaturated/α-hetero) is 3. The van der Waals surface area contributed by atoms with Gasteiger partial charge in [0.15, 0.2) is 0 Å². The third-order valence-corrected chi connectivity index (χ3v) is 10.2. The lowest BCUT2D eigenvalue weighted by Gasteiger charge is -2.30.